The lowest BCUT2D eigenvalue weighted by molar-refractivity contribution is -0.384. The molecule has 8 nitrogen and oxygen atoms in total. The van der Waals surface area contributed by atoms with E-state index in [-0.39, 0.29) is 34.1 Å². The first-order chi connectivity index (χ1) is 18.4. The molecule has 1 spiro atoms. The molecule has 1 fully saturated rings. The van der Waals surface area contributed by atoms with E-state index in [1.165, 1.54) is 35.4 Å². The zero-order chi connectivity index (χ0) is 27.9. The largest absolute Gasteiger partial charge is 0.547 e. The van der Waals surface area contributed by atoms with Crippen LogP contribution in [0.4, 0.5) is 5.69 Å². The summed E-state index contributed by atoms with van der Waals surface area (Å²) < 4.78 is 19.6. The van der Waals surface area contributed by atoms with Gasteiger partial charge in [0, 0.05) is 46.2 Å². The molecule has 206 valence electrons. The first-order valence-corrected chi connectivity index (χ1v) is 16.6. The van der Waals surface area contributed by atoms with Crippen LogP contribution in [-0.4, -0.2) is 56.7 Å². The number of non-ortho nitro benzene ring substituents is 1. The molecule has 0 amide bonds. The van der Waals surface area contributed by atoms with Crippen molar-refractivity contribution >= 4 is 20.7 Å². The van der Waals surface area contributed by atoms with Gasteiger partial charge in [0.2, 0.25) is 9.04 Å². The highest BCUT2D eigenvalue weighted by Crippen LogP contribution is 2.64. The summed E-state index contributed by atoms with van der Waals surface area (Å²) in [5.41, 5.74) is 3.39. The highest BCUT2D eigenvalue weighted by Gasteiger charge is 2.65. The van der Waals surface area contributed by atoms with Crippen LogP contribution in [0.3, 0.4) is 0 Å². The molecule has 2 aliphatic heterocycles. The third kappa shape index (κ3) is 3.92. The van der Waals surface area contributed by atoms with Crippen LogP contribution in [0.15, 0.2) is 42.5 Å². The Morgan fingerprint density at radius 3 is 2.56 bits per heavy atom. The highest BCUT2D eigenvalue weighted by molar-refractivity contribution is 6.49. The average Bonchev–Trinajstić information content (AvgIpc) is 3.21. The monoisotopic (exact) mass is 548 g/mol. The summed E-state index contributed by atoms with van der Waals surface area (Å²) >= 11 is 0. The maximum Gasteiger partial charge on any atom is 0.338 e. The van der Waals surface area contributed by atoms with Crippen LogP contribution >= 0.6 is 0 Å². The molecule has 9 heteroatoms. The summed E-state index contributed by atoms with van der Waals surface area (Å²) in [6.45, 7) is 11.9. The molecule has 5 atom stereocenters. The van der Waals surface area contributed by atoms with Crippen LogP contribution < -0.4 is 9.16 Å². The maximum atomic E-state index is 13.2. The van der Waals surface area contributed by atoms with E-state index in [1.54, 1.807) is 0 Å². The summed E-state index contributed by atoms with van der Waals surface area (Å²) in [7, 11) is 0.830. The number of piperidine rings is 1. The van der Waals surface area contributed by atoms with Crippen molar-refractivity contribution in [1.29, 1.82) is 0 Å². The zero-order valence-corrected chi connectivity index (χ0v) is 24.5. The molecular weight excluding hydrogens is 512 g/mol. The van der Waals surface area contributed by atoms with E-state index in [9.17, 15) is 14.9 Å². The number of benzene rings is 2. The predicted molar refractivity (Wildman–Crippen MR) is 150 cm³/mol. The molecule has 4 aliphatic rings. The summed E-state index contributed by atoms with van der Waals surface area (Å²) in [6.07, 6.45) is 5.11. The second-order valence-electron chi connectivity index (χ2n) is 12.7. The smallest absolute Gasteiger partial charge is 0.338 e. The number of rotatable bonds is 5. The van der Waals surface area contributed by atoms with Crippen LogP contribution in [0.25, 0.3) is 0 Å². The molecule has 1 saturated heterocycles. The molecule has 2 aliphatic carbocycles. The Labute approximate surface area is 230 Å². The second-order valence-corrected chi connectivity index (χ2v) is 15.0. The number of likely N-dealkylation sites (N-methyl/N-ethyl adjacent to an activating group) is 1. The number of ether oxygens (including phenoxy) is 2. The molecule has 0 saturated carbocycles. The topological polar surface area (TPSA) is 91.1 Å². The van der Waals surface area contributed by atoms with Gasteiger partial charge in [0.1, 0.15) is 17.6 Å². The van der Waals surface area contributed by atoms with Crippen LogP contribution in [0.2, 0.25) is 13.1 Å². The highest BCUT2D eigenvalue weighted by atomic mass is 28.3. The molecule has 2 aromatic rings. The number of hydrogen-bond donors (Lipinski definition) is 0. The van der Waals surface area contributed by atoms with Crippen molar-refractivity contribution in [3.05, 3.63) is 74.9 Å². The number of carbonyl (C=O) groups is 1. The van der Waals surface area contributed by atoms with Gasteiger partial charge in [-0.1, -0.05) is 26.8 Å². The summed E-state index contributed by atoms with van der Waals surface area (Å²) in [6, 6.07) is 8.06. The number of nitro groups is 1. The van der Waals surface area contributed by atoms with E-state index in [2.05, 4.69) is 58.0 Å². The Morgan fingerprint density at radius 1 is 1.21 bits per heavy atom. The molecule has 0 radical (unpaired) electrons. The molecule has 6 rings (SSSR count). The number of nitrogens with zero attached hydrogens (tertiary/aromatic N) is 2. The molecule has 39 heavy (non-hydrogen) atoms. The van der Waals surface area contributed by atoms with Crippen LogP contribution in [0, 0.1) is 16.0 Å². The number of hydrogen-bond acceptors (Lipinski definition) is 7. The van der Waals surface area contributed by atoms with Crippen molar-refractivity contribution in [2.45, 2.75) is 75.8 Å². The van der Waals surface area contributed by atoms with E-state index >= 15 is 0 Å². The SMILES string of the molecule is CN1CC[C@]23c4c5c(O[SiH](C)C)cc(C(C)(C)C)c4O[C@H]2[C@@H](OC(=O)c2ccc([N+](=O)[O-])cc2)C=C[C@H]3[C@H]1C5. The molecule has 0 N–H and O–H groups in total. The maximum absolute atomic E-state index is 13.2. The molecule has 2 heterocycles. The van der Waals surface area contributed by atoms with Gasteiger partial charge in [0.05, 0.1) is 10.5 Å². The van der Waals surface area contributed by atoms with Gasteiger partial charge in [-0.2, -0.15) is 0 Å². The lowest BCUT2D eigenvalue weighted by Crippen LogP contribution is -2.65. The lowest BCUT2D eigenvalue weighted by Gasteiger charge is -2.56. The minimum absolute atomic E-state index is 0.0651. The normalized spacial score (nSPS) is 28.6. The Hall–Kier alpha value is -3.17. The van der Waals surface area contributed by atoms with Gasteiger partial charge in [-0.25, -0.2) is 4.79 Å². The van der Waals surface area contributed by atoms with Gasteiger partial charge >= 0.3 is 5.97 Å². The van der Waals surface area contributed by atoms with Crippen molar-refractivity contribution in [3.63, 3.8) is 0 Å². The van der Waals surface area contributed by atoms with Gasteiger partial charge in [-0.05, 0) is 69.2 Å². The third-order valence-electron chi connectivity index (χ3n) is 8.97. The van der Waals surface area contributed by atoms with Crippen LogP contribution in [0.1, 0.15) is 54.2 Å². The number of esters is 1. The number of nitro benzene ring substituents is 1. The number of carbonyl (C=O) groups excluding carboxylic acids is 1. The predicted octanol–water partition coefficient (Wildman–Crippen LogP) is 4.93. The average molecular weight is 549 g/mol. The summed E-state index contributed by atoms with van der Waals surface area (Å²) in [5, 5.41) is 11.1. The van der Waals surface area contributed by atoms with Gasteiger partial charge in [0.25, 0.3) is 5.69 Å². The van der Waals surface area contributed by atoms with Crippen LogP contribution in [0.5, 0.6) is 11.5 Å². The van der Waals surface area contributed by atoms with Gasteiger partial charge in [-0.3, -0.25) is 10.1 Å². The molecular formula is C30H36N2O6Si. The Bertz CT molecular complexity index is 1380. The summed E-state index contributed by atoms with van der Waals surface area (Å²) in [5.74, 6) is 1.66. The van der Waals surface area contributed by atoms with Crippen molar-refractivity contribution in [2.24, 2.45) is 5.92 Å². The van der Waals surface area contributed by atoms with Crippen molar-refractivity contribution < 1.29 is 23.6 Å². The fourth-order valence-corrected chi connectivity index (χ4v) is 7.93. The van der Waals surface area contributed by atoms with Gasteiger partial charge in [-0.15, -0.1) is 0 Å². The molecule has 2 aromatic carbocycles. The zero-order valence-electron chi connectivity index (χ0n) is 23.4. The van der Waals surface area contributed by atoms with Crippen molar-refractivity contribution in [3.8, 4) is 11.5 Å². The quantitative estimate of drug-likeness (QED) is 0.172. The third-order valence-corrected chi connectivity index (χ3v) is 9.69. The van der Waals surface area contributed by atoms with Crippen LogP contribution in [-0.2, 0) is 22.0 Å². The van der Waals surface area contributed by atoms with E-state index in [1.807, 2.05) is 6.08 Å². The van der Waals surface area contributed by atoms with Crippen molar-refractivity contribution in [1.82, 2.24) is 4.90 Å². The fraction of sp³-hybridized carbons (Fsp3) is 0.500. The molecule has 2 bridgehead atoms. The minimum Gasteiger partial charge on any atom is -0.547 e. The first kappa shape index (κ1) is 26.1. The van der Waals surface area contributed by atoms with E-state index in [0.29, 0.717) is 6.04 Å². The number of likely N-dealkylation sites (tertiary alicyclic amines) is 1. The fourth-order valence-electron chi connectivity index (χ4n) is 7.22. The standard InChI is InChI=1S/C30H36N2O6Si/c1-29(2,3)21-16-24(38-39(5)6)19-15-22-20-11-12-23(36-28(33)17-7-9-18(10-8-17)32(34)35)27-30(20,13-14-31(22)4)25(19)26(21)37-27/h7-12,16,20,22-23,27,39H,13-15H2,1-6H3/t20-,22+,23-,27-,30-/m0/s1. The van der Waals surface area contributed by atoms with E-state index in [0.717, 1.165) is 36.4 Å². The molecule has 0 unspecified atom stereocenters. The lowest BCUT2D eigenvalue weighted by atomic mass is 9.53. The van der Waals surface area contributed by atoms with E-state index < -0.39 is 26.0 Å². The van der Waals surface area contributed by atoms with E-state index in [4.69, 9.17) is 13.9 Å². The van der Waals surface area contributed by atoms with Crippen molar-refractivity contribution in [2.75, 3.05) is 13.6 Å². The minimum atomic E-state index is -1.37. The molecule has 0 aromatic heterocycles. The van der Waals surface area contributed by atoms with Gasteiger partial charge in [0.15, 0.2) is 6.10 Å². The Morgan fingerprint density at radius 2 is 1.92 bits per heavy atom. The second kappa shape index (κ2) is 8.92. The summed E-state index contributed by atoms with van der Waals surface area (Å²) in [4.78, 5) is 26.3. The Balaban J connectivity index is 1.46. The van der Waals surface area contributed by atoms with Gasteiger partial charge < -0.3 is 18.8 Å². The Kier molecular flexibility index (Phi) is 5.97. The first-order valence-electron chi connectivity index (χ1n) is 13.8.